The Bertz CT molecular complexity index is 822. The van der Waals surface area contributed by atoms with Gasteiger partial charge in [-0.3, -0.25) is 4.79 Å². The lowest BCUT2D eigenvalue weighted by molar-refractivity contribution is -0.137. The predicted octanol–water partition coefficient (Wildman–Crippen LogP) is 2.71. The number of carbonyl (C=O) groups excluding carboxylic acids is 1. The van der Waals surface area contributed by atoms with E-state index in [1.165, 1.54) is 12.1 Å². The Morgan fingerprint density at radius 2 is 2.00 bits per heavy atom. The SMILES string of the molecule is [C-]#[N+]CC(=O)NCC1CN(c2ccc(C(F)(F)F)cc2)c2ccnn2C1. The Morgan fingerprint density at radius 1 is 1.27 bits per heavy atom. The van der Waals surface area contributed by atoms with Crippen LogP contribution >= 0.6 is 0 Å². The molecule has 1 aromatic carbocycles. The quantitative estimate of drug-likeness (QED) is 0.850. The highest BCUT2D eigenvalue weighted by atomic mass is 19.4. The number of alkyl halides is 3. The van der Waals surface area contributed by atoms with Crippen LogP contribution in [0.5, 0.6) is 0 Å². The monoisotopic (exact) mass is 363 g/mol. The van der Waals surface area contributed by atoms with Crippen molar-refractivity contribution in [3.05, 3.63) is 53.5 Å². The van der Waals surface area contributed by atoms with Gasteiger partial charge in [0.15, 0.2) is 0 Å². The number of nitrogens with one attached hydrogen (secondary N) is 1. The summed E-state index contributed by atoms with van der Waals surface area (Å²) in [6.45, 7) is 7.95. The molecule has 1 atom stereocenters. The molecule has 0 fully saturated rings. The second-order valence-electron chi connectivity index (χ2n) is 6.01. The van der Waals surface area contributed by atoms with Crippen molar-refractivity contribution in [2.75, 3.05) is 24.5 Å². The van der Waals surface area contributed by atoms with Gasteiger partial charge < -0.3 is 15.1 Å². The Morgan fingerprint density at radius 3 is 2.65 bits per heavy atom. The molecule has 0 saturated carbocycles. The summed E-state index contributed by atoms with van der Waals surface area (Å²) in [5.74, 6) is 0.459. The van der Waals surface area contributed by atoms with Gasteiger partial charge in [-0.2, -0.15) is 18.3 Å². The van der Waals surface area contributed by atoms with Crippen molar-refractivity contribution >= 4 is 17.4 Å². The number of carbonyl (C=O) groups is 1. The standard InChI is InChI=1S/C17H16F3N5O/c1-21-9-15(26)22-8-12-10-24(16-6-7-23-25(16)11-12)14-4-2-13(3-5-14)17(18,19)20/h2-7,12H,8-11H2,(H,22,26). The first-order chi connectivity index (χ1) is 12.4. The van der Waals surface area contributed by atoms with Crippen molar-refractivity contribution in [3.8, 4) is 0 Å². The number of benzene rings is 1. The van der Waals surface area contributed by atoms with Crippen molar-refractivity contribution in [3.63, 3.8) is 0 Å². The second-order valence-corrected chi connectivity index (χ2v) is 6.01. The van der Waals surface area contributed by atoms with Gasteiger partial charge in [0.2, 0.25) is 0 Å². The van der Waals surface area contributed by atoms with Gasteiger partial charge in [-0.1, -0.05) is 0 Å². The van der Waals surface area contributed by atoms with Crippen LogP contribution in [0.3, 0.4) is 0 Å². The number of fused-ring (bicyclic) bond motifs is 1. The topological polar surface area (TPSA) is 54.5 Å². The van der Waals surface area contributed by atoms with Crippen LogP contribution in [0.2, 0.25) is 0 Å². The molecule has 9 heteroatoms. The maximum atomic E-state index is 12.8. The Labute approximate surface area is 148 Å². The fourth-order valence-electron chi connectivity index (χ4n) is 2.93. The van der Waals surface area contributed by atoms with Crippen LogP contribution in [-0.2, 0) is 17.5 Å². The second kappa shape index (κ2) is 7.07. The average molecular weight is 363 g/mol. The van der Waals surface area contributed by atoms with E-state index in [2.05, 4.69) is 15.3 Å². The highest BCUT2D eigenvalue weighted by Gasteiger charge is 2.31. The summed E-state index contributed by atoms with van der Waals surface area (Å²) in [6.07, 6.45) is -2.75. The Balaban J connectivity index is 1.78. The van der Waals surface area contributed by atoms with Crippen LogP contribution < -0.4 is 10.2 Å². The fraction of sp³-hybridized carbons (Fsp3) is 0.353. The molecule has 3 rings (SSSR count). The van der Waals surface area contributed by atoms with Gasteiger partial charge in [0.25, 0.3) is 12.5 Å². The number of amides is 1. The summed E-state index contributed by atoms with van der Waals surface area (Å²) < 4.78 is 40.0. The molecule has 0 saturated heterocycles. The first-order valence-corrected chi connectivity index (χ1v) is 7.95. The molecule has 2 aromatic rings. The fourth-order valence-corrected chi connectivity index (χ4v) is 2.93. The molecule has 136 valence electrons. The predicted molar refractivity (Wildman–Crippen MR) is 88.6 cm³/mol. The van der Waals surface area contributed by atoms with E-state index in [1.807, 2.05) is 4.90 Å². The first kappa shape index (κ1) is 17.8. The van der Waals surface area contributed by atoms with E-state index in [0.717, 1.165) is 18.0 Å². The van der Waals surface area contributed by atoms with E-state index in [1.54, 1.807) is 16.9 Å². The number of hydrogen-bond donors (Lipinski definition) is 1. The molecule has 0 bridgehead atoms. The highest BCUT2D eigenvalue weighted by molar-refractivity contribution is 5.79. The molecule has 1 aromatic heterocycles. The van der Waals surface area contributed by atoms with Gasteiger partial charge in [-0.25, -0.2) is 11.3 Å². The van der Waals surface area contributed by atoms with Gasteiger partial charge in [0.1, 0.15) is 5.82 Å². The van der Waals surface area contributed by atoms with Crippen LogP contribution in [0, 0.1) is 12.5 Å². The number of anilines is 2. The molecule has 1 aliphatic heterocycles. The van der Waals surface area contributed by atoms with Crippen molar-refractivity contribution < 1.29 is 18.0 Å². The maximum Gasteiger partial charge on any atom is 0.416 e. The van der Waals surface area contributed by atoms with Gasteiger partial charge in [-0.15, -0.1) is 0 Å². The maximum absolute atomic E-state index is 12.8. The third-order valence-corrected chi connectivity index (χ3v) is 4.16. The lowest BCUT2D eigenvalue weighted by Gasteiger charge is -2.35. The molecule has 0 aliphatic carbocycles. The smallest absolute Gasteiger partial charge is 0.349 e. The number of aromatic nitrogens is 2. The van der Waals surface area contributed by atoms with Crippen LogP contribution in [0.1, 0.15) is 5.56 Å². The van der Waals surface area contributed by atoms with Gasteiger partial charge >= 0.3 is 6.18 Å². The summed E-state index contributed by atoms with van der Waals surface area (Å²) in [5, 5.41) is 6.94. The Kier molecular flexibility index (Phi) is 4.84. The normalized spacial score (nSPS) is 16.7. The largest absolute Gasteiger partial charge is 0.416 e. The van der Waals surface area contributed by atoms with Crippen LogP contribution in [-0.4, -0.2) is 35.3 Å². The first-order valence-electron chi connectivity index (χ1n) is 7.95. The number of nitrogens with zero attached hydrogens (tertiary/aromatic N) is 4. The summed E-state index contributed by atoms with van der Waals surface area (Å²) in [7, 11) is 0. The van der Waals surface area contributed by atoms with E-state index in [-0.39, 0.29) is 18.4 Å². The highest BCUT2D eigenvalue weighted by Crippen LogP contribution is 2.34. The number of rotatable bonds is 4. The summed E-state index contributed by atoms with van der Waals surface area (Å²) in [5.41, 5.74) is -0.0772. The molecule has 1 N–H and O–H groups in total. The van der Waals surface area contributed by atoms with Crippen LogP contribution in [0.25, 0.3) is 4.85 Å². The third kappa shape index (κ3) is 3.79. The van der Waals surface area contributed by atoms with E-state index in [0.29, 0.717) is 25.3 Å². The molecule has 6 nitrogen and oxygen atoms in total. The molecule has 1 unspecified atom stereocenters. The molecular weight excluding hydrogens is 347 g/mol. The van der Waals surface area contributed by atoms with E-state index < -0.39 is 11.7 Å². The van der Waals surface area contributed by atoms with Crippen molar-refractivity contribution in [1.82, 2.24) is 15.1 Å². The Hall–Kier alpha value is -3.02. The lowest BCUT2D eigenvalue weighted by Crippen LogP contribution is -2.42. The molecule has 0 radical (unpaired) electrons. The summed E-state index contributed by atoms with van der Waals surface area (Å²) >= 11 is 0. The molecular formula is C17H16F3N5O. The zero-order valence-electron chi connectivity index (χ0n) is 13.7. The van der Waals surface area contributed by atoms with Crippen LogP contribution in [0.4, 0.5) is 24.7 Å². The third-order valence-electron chi connectivity index (χ3n) is 4.16. The van der Waals surface area contributed by atoms with Crippen molar-refractivity contribution in [2.45, 2.75) is 12.7 Å². The molecule has 1 aliphatic rings. The number of halogens is 3. The number of hydrogen-bond acceptors (Lipinski definition) is 3. The van der Waals surface area contributed by atoms with Gasteiger partial charge in [-0.05, 0) is 24.3 Å². The minimum atomic E-state index is -4.38. The van der Waals surface area contributed by atoms with Gasteiger partial charge in [0.05, 0.1) is 11.8 Å². The van der Waals surface area contributed by atoms with E-state index in [9.17, 15) is 18.0 Å². The average Bonchev–Trinajstić information content (AvgIpc) is 3.07. The van der Waals surface area contributed by atoms with E-state index >= 15 is 0 Å². The van der Waals surface area contributed by atoms with E-state index in [4.69, 9.17) is 6.57 Å². The van der Waals surface area contributed by atoms with Gasteiger partial charge in [0, 0.05) is 37.3 Å². The van der Waals surface area contributed by atoms with Crippen LogP contribution in [0.15, 0.2) is 36.5 Å². The van der Waals surface area contributed by atoms with Crippen molar-refractivity contribution in [1.29, 1.82) is 0 Å². The zero-order valence-corrected chi connectivity index (χ0v) is 13.7. The summed E-state index contributed by atoms with van der Waals surface area (Å²) in [4.78, 5) is 16.4. The lowest BCUT2D eigenvalue weighted by atomic mass is 10.1. The molecule has 1 amide bonds. The minimum Gasteiger partial charge on any atom is -0.349 e. The molecule has 0 spiro atoms. The molecule has 2 heterocycles. The zero-order chi connectivity index (χ0) is 18.7. The molecule has 26 heavy (non-hydrogen) atoms. The van der Waals surface area contributed by atoms with Crippen molar-refractivity contribution in [2.24, 2.45) is 5.92 Å². The summed E-state index contributed by atoms with van der Waals surface area (Å²) in [6, 6.07) is 6.76. The minimum absolute atomic E-state index is 0.0133.